The lowest BCUT2D eigenvalue weighted by atomic mass is 10.3. The van der Waals surface area contributed by atoms with Crippen LogP contribution in [0.15, 0.2) is 23.1 Å². The number of hydrogen-bond donors (Lipinski definition) is 0. The molecule has 0 saturated heterocycles. The number of nitrogens with zero attached hydrogens (tertiary/aromatic N) is 1. The molecule has 0 amide bonds. The first-order valence-corrected chi connectivity index (χ1v) is 5.53. The van der Waals surface area contributed by atoms with Crippen LogP contribution >= 0.6 is 21.7 Å². The Labute approximate surface area is 91.5 Å². The van der Waals surface area contributed by atoms with Crippen LogP contribution in [0, 0.1) is 0 Å². The first-order valence-electron chi connectivity index (χ1n) is 3.89. The molecular formula is C9H10ClNO2S. The molecule has 0 aliphatic rings. The molecule has 0 aliphatic carbocycles. The molecule has 0 unspecified atom stereocenters. The van der Waals surface area contributed by atoms with Crippen molar-refractivity contribution >= 4 is 33.8 Å². The van der Waals surface area contributed by atoms with Crippen molar-refractivity contribution in [2.75, 3.05) is 19.0 Å². The van der Waals surface area contributed by atoms with Crippen molar-refractivity contribution in [3.8, 4) is 5.75 Å². The van der Waals surface area contributed by atoms with Crippen molar-refractivity contribution in [2.24, 2.45) is 0 Å². The molecule has 0 spiro atoms. The SMILES string of the molecule is CN(C)c1ccc(SCl)cc1OC=O. The molecule has 0 N–H and O–H groups in total. The Bertz CT molecular complexity index is 331. The molecule has 0 radical (unpaired) electrons. The zero-order valence-electron chi connectivity index (χ0n) is 7.86. The van der Waals surface area contributed by atoms with Crippen LogP contribution in [-0.2, 0) is 4.79 Å². The van der Waals surface area contributed by atoms with Gasteiger partial charge >= 0.3 is 0 Å². The van der Waals surface area contributed by atoms with Crippen LogP contribution in [0.5, 0.6) is 5.75 Å². The van der Waals surface area contributed by atoms with Gasteiger partial charge in [0.05, 0.1) is 5.69 Å². The monoisotopic (exact) mass is 231 g/mol. The Kier molecular flexibility index (Phi) is 4.10. The molecule has 0 heterocycles. The van der Waals surface area contributed by atoms with Crippen LogP contribution in [0.25, 0.3) is 0 Å². The van der Waals surface area contributed by atoms with Crippen LogP contribution in [0.4, 0.5) is 5.69 Å². The summed E-state index contributed by atoms with van der Waals surface area (Å²) >= 11 is 0. The van der Waals surface area contributed by atoms with Crippen LogP contribution in [-0.4, -0.2) is 20.6 Å². The second kappa shape index (κ2) is 5.12. The highest BCUT2D eigenvalue weighted by Crippen LogP contribution is 2.33. The van der Waals surface area contributed by atoms with E-state index < -0.39 is 0 Å². The van der Waals surface area contributed by atoms with E-state index in [1.165, 1.54) is 0 Å². The fourth-order valence-corrected chi connectivity index (χ4v) is 1.62. The highest BCUT2D eigenvalue weighted by atomic mass is 35.7. The molecule has 0 aliphatic heterocycles. The minimum atomic E-state index is 0.408. The molecule has 0 atom stereocenters. The Morgan fingerprint density at radius 1 is 1.50 bits per heavy atom. The number of hydrogen-bond acceptors (Lipinski definition) is 4. The fraction of sp³-hybridized carbons (Fsp3) is 0.222. The van der Waals surface area contributed by atoms with E-state index in [4.69, 9.17) is 15.4 Å². The molecule has 0 bridgehead atoms. The van der Waals surface area contributed by atoms with Gasteiger partial charge in [0.1, 0.15) is 0 Å². The molecule has 1 aromatic rings. The minimum Gasteiger partial charge on any atom is -0.426 e. The van der Waals surface area contributed by atoms with E-state index in [-0.39, 0.29) is 0 Å². The standard InChI is InChI=1S/C9H10ClNO2S/c1-11(2)8-4-3-7(14-10)5-9(8)13-6-12/h3-6H,1-2H3. The largest absolute Gasteiger partial charge is 0.426 e. The van der Waals surface area contributed by atoms with Crippen molar-refractivity contribution in [1.29, 1.82) is 0 Å². The summed E-state index contributed by atoms with van der Waals surface area (Å²) in [6.45, 7) is 0.408. The third kappa shape index (κ3) is 2.56. The average molecular weight is 232 g/mol. The van der Waals surface area contributed by atoms with Crippen molar-refractivity contribution in [1.82, 2.24) is 0 Å². The normalized spacial score (nSPS) is 9.64. The van der Waals surface area contributed by atoms with E-state index in [9.17, 15) is 4.79 Å². The number of anilines is 1. The van der Waals surface area contributed by atoms with E-state index in [1.54, 1.807) is 6.07 Å². The lowest BCUT2D eigenvalue weighted by Crippen LogP contribution is -2.10. The van der Waals surface area contributed by atoms with E-state index >= 15 is 0 Å². The summed E-state index contributed by atoms with van der Waals surface area (Å²) in [6.07, 6.45) is 0. The predicted molar refractivity (Wildman–Crippen MR) is 59.2 cm³/mol. The summed E-state index contributed by atoms with van der Waals surface area (Å²) < 4.78 is 4.85. The number of ether oxygens (including phenoxy) is 1. The second-order valence-electron chi connectivity index (χ2n) is 2.82. The Hall–Kier alpha value is -0.870. The third-order valence-electron chi connectivity index (χ3n) is 1.68. The Morgan fingerprint density at radius 2 is 2.21 bits per heavy atom. The first-order chi connectivity index (χ1) is 6.69. The van der Waals surface area contributed by atoms with E-state index in [0.29, 0.717) is 12.2 Å². The summed E-state index contributed by atoms with van der Waals surface area (Å²) in [5.74, 6) is 0.510. The molecule has 5 heteroatoms. The van der Waals surface area contributed by atoms with Gasteiger partial charge in [-0.1, -0.05) is 0 Å². The van der Waals surface area contributed by atoms with Crippen molar-refractivity contribution in [2.45, 2.75) is 4.90 Å². The highest BCUT2D eigenvalue weighted by Gasteiger charge is 2.06. The number of carbonyl (C=O) groups excluding carboxylic acids is 1. The van der Waals surface area contributed by atoms with Crippen molar-refractivity contribution in [3.63, 3.8) is 0 Å². The van der Waals surface area contributed by atoms with E-state index in [2.05, 4.69) is 0 Å². The average Bonchev–Trinajstić information content (AvgIpc) is 2.17. The molecule has 0 saturated carbocycles. The van der Waals surface area contributed by atoms with Gasteiger partial charge in [0.2, 0.25) is 0 Å². The Morgan fingerprint density at radius 3 is 2.71 bits per heavy atom. The number of rotatable bonds is 4. The molecule has 3 nitrogen and oxygen atoms in total. The topological polar surface area (TPSA) is 29.5 Å². The maximum absolute atomic E-state index is 10.3. The predicted octanol–water partition coefficient (Wildman–Crippen LogP) is 2.53. The first kappa shape index (κ1) is 11.2. The summed E-state index contributed by atoms with van der Waals surface area (Å²) in [7, 11) is 10.4. The van der Waals surface area contributed by atoms with Crippen LogP contribution in [0.2, 0.25) is 0 Å². The van der Waals surface area contributed by atoms with Crippen molar-refractivity contribution < 1.29 is 9.53 Å². The van der Waals surface area contributed by atoms with Gasteiger partial charge in [0, 0.05) is 19.0 Å². The lowest BCUT2D eigenvalue weighted by molar-refractivity contribution is -0.120. The van der Waals surface area contributed by atoms with Gasteiger partial charge in [-0.05, 0) is 39.9 Å². The molecule has 14 heavy (non-hydrogen) atoms. The summed E-state index contributed by atoms with van der Waals surface area (Å²) in [6, 6.07) is 5.44. The van der Waals surface area contributed by atoms with Gasteiger partial charge in [-0.25, -0.2) is 0 Å². The molecular weight excluding hydrogens is 222 g/mol. The van der Waals surface area contributed by atoms with Gasteiger partial charge < -0.3 is 9.64 Å². The summed E-state index contributed by atoms with van der Waals surface area (Å²) in [4.78, 5) is 13.0. The number of benzene rings is 1. The Balaban J connectivity index is 3.09. The third-order valence-corrected chi connectivity index (χ3v) is 2.64. The summed E-state index contributed by atoms with van der Waals surface area (Å²) in [5, 5.41) is 0. The quantitative estimate of drug-likeness (QED) is 0.745. The molecule has 0 fully saturated rings. The van der Waals surface area contributed by atoms with Crippen LogP contribution in [0.1, 0.15) is 0 Å². The molecule has 76 valence electrons. The molecule has 1 aromatic carbocycles. The van der Waals surface area contributed by atoms with Gasteiger partial charge in [-0.15, -0.1) is 0 Å². The van der Waals surface area contributed by atoms with Crippen LogP contribution in [0.3, 0.4) is 0 Å². The van der Waals surface area contributed by atoms with Gasteiger partial charge in [0.25, 0.3) is 6.47 Å². The van der Waals surface area contributed by atoms with E-state index in [0.717, 1.165) is 21.6 Å². The smallest absolute Gasteiger partial charge is 0.298 e. The lowest BCUT2D eigenvalue weighted by Gasteiger charge is -2.15. The zero-order valence-corrected chi connectivity index (χ0v) is 9.43. The number of halogens is 1. The maximum atomic E-state index is 10.3. The molecule has 1 rings (SSSR count). The second-order valence-corrected chi connectivity index (χ2v) is 3.90. The minimum absolute atomic E-state index is 0.408. The molecule has 0 aromatic heterocycles. The van der Waals surface area contributed by atoms with Gasteiger partial charge in [-0.3, -0.25) is 4.79 Å². The van der Waals surface area contributed by atoms with Crippen LogP contribution < -0.4 is 9.64 Å². The van der Waals surface area contributed by atoms with Gasteiger partial charge in [0.15, 0.2) is 5.75 Å². The maximum Gasteiger partial charge on any atom is 0.298 e. The van der Waals surface area contributed by atoms with E-state index in [1.807, 2.05) is 31.1 Å². The zero-order chi connectivity index (χ0) is 10.6. The number of carbonyl (C=O) groups is 1. The summed E-state index contributed by atoms with van der Waals surface area (Å²) in [5.41, 5.74) is 0.839. The highest BCUT2D eigenvalue weighted by molar-refractivity contribution is 8.21. The van der Waals surface area contributed by atoms with Gasteiger partial charge in [-0.2, -0.15) is 0 Å². The fourth-order valence-electron chi connectivity index (χ4n) is 1.06. The van der Waals surface area contributed by atoms with Crippen molar-refractivity contribution in [3.05, 3.63) is 18.2 Å².